The van der Waals surface area contributed by atoms with Gasteiger partial charge in [0.05, 0.1) is 30.4 Å². The molecule has 0 unspecified atom stereocenters. The molecule has 0 saturated carbocycles. The van der Waals surface area contributed by atoms with Gasteiger partial charge in [0.15, 0.2) is 0 Å². The van der Waals surface area contributed by atoms with E-state index in [1.54, 1.807) is 11.0 Å². The van der Waals surface area contributed by atoms with Crippen molar-refractivity contribution in [3.63, 3.8) is 0 Å². The number of ether oxygens (including phenoxy) is 3. The molecule has 3 aromatic rings. The van der Waals surface area contributed by atoms with Crippen molar-refractivity contribution in [2.75, 3.05) is 26.4 Å². The van der Waals surface area contributed by atoms with Gasteiger partial charge in [-0.25, -0.2) is 9.78 Å². The van der Waals surface area contributed by atoms with Crippen LogP contribution in [0.2, 0.25) is 0 Å². The first-order valence-electron chi connectivity index (χ1n) is 12.7. The summed E-state index contributed by atoms with van der Waals surface area (Å²) in [5, 5.41) is 3.31. The first-order chi connectivity index (χ1) is 17.7. The Morgan fingerprint density at radius 2 is 1.89 bits per heavy atom. The summed E-state index contributed by atoms with van der Waals surface area (Å²) in [5.41, 5.74) is 2.04. The van der Waals surface area contributed by atoms with E-state index >= 15 is 0 Å². The van der Waals surface area contributed by atoms with Crippen LogP contribution in [0.5, 0.6) is 5.75 Å². The second kappa shape index (κ2) is 9.70. The van der Waals surface area contributed by atoms with Crippen LogP contribution in [0.3, 0.4) is 0 Å². The number of hydrogen-bond donors (Lipinski definition) is 1. The number of rotatable bonds is 3. The van der Waals surface area contributed by atoms with Crippen LogP contribution in [0, 0.1) is 6.92 Å². The number of nitrogens with zero attached hydrogens (tertiary/aromatic N) is 3. The summed E-state index contributed by atoms with van der Waals surface area (Å²) in [4.78, 5) is 32.9. The van der Waals surface area contributed by atoms with E-state index < -0.39 is 17.2 Å². The van der Waals surface area contributed by atoms with Crippen molar-refractivity contribution in [3.8, 4) is 5.75 Å². The van der Waals surface area contributed by atoms with E-state index in [1.165, 1.54) is 0 Å². The highest BCUT2D eigenvalue weighted by Crippen LogP contribution is 2.34. The summed E-state index contributed by atoms with van der Waals surface area (Å²) in [7, 11) is 0. The second-order valence-electron chi connectivity index (χ2n) is 10.7. The smallest absolute Gasteiger partial charge is 0.410 e. The van der Waals surface area contributed by atoms with Gasteiger partial charge >= 0.3 is 6.09 Å². The number of fused-ring (bicyclic) bond motifs is 2. The van der Waals surface area contributed by atoms with Gasteiger partial charge in [0.1, 0.15) is 29.3 Å². The van der Waals surface area contributed by atoms with Gasteiger partial charge in [-0.1, -0.05) is 18.2 Å². The summed E-state index contributed by atoms with van der Waals surface area (Å²) in [6, 6.07) is 9.50. The summed E-state index contributed by atoms with van der Waals surface area (Å²) in [5.74, 6) is 1.05. The van der Waals surface area contributed by atoms with Crippen molar-refractivity contribution >= 4 is 17.5 Å². The van der Waals surface area contributed by atoms with Gasteiger partial charge in [-0.3, -0.25) is 4.79 Å². The molecule has 5 rings (SSSR count). The molecule has 0 atom stereocenters. The van der Waals surface area contributed by atoms with Crippen LogP contribution in [0.4, 0.5) is 4.79 Å². The van der Waals surface area contributed by atoms with E-state index in [9.17, 15) is 9.59 Å². The molecule has 1 N–H and O–H groups in total. The van der Waals surface area contributed by atoms with E-state index in [4.69, 9.17) is 19.2 Å². The Balaban J connectivity index is 1.45. The second-order valence-corrected chi connectivity index (χ2v) is 10.7. The standard InChI is InChI=1S/C28H34N4O5/c1-19-7-6-12-32-22(19)17-29-25(32)28(10-14-35-15-11-28)30-24(33)21-9-5-8-20-18-31(13-16-36-23(20)21)26(34)37-27(2,3)4/h5-9,12,17H,10-11,13-16,18H2,1-4H3,(H,30,33). The molecule has 1 aromatic carbocycles. The fourth-order valence-electron chi connectivity index (χ4n) is 5.01. The van der Waals surface area contributed by atoms with Gasteiger partial charge in [0.2, 0.25) is 0 Å². The largest absolute Gasteiger partial charge is 0.491 e. The molecule has 0 radical (unpaired) electrons. The predicted molar refractivity (Wildman–Crippen MR) is 138 cm³/mol. The van der Waals surface area contributed by atoms with Gasteiger partial charge < -0.3 is 28.8 Å². The molecule has 9 nitrogen and oxygen atoms in total. The highest BCUT2D eigenvalue weighted by Gasteiger charge is 2.40. The lowest BCUT2D eigenvalue weighted by Crippen LogP contribution is -2.50. The average Bonchev–Trinajstić information content (AvgIpc) is 3.18. The van der Waals surface area contributed by atoms with E-state index in [-0.39, 0.29) is 12.5 Å². The van der Waals surface area contributed by atoms with Gasteiger partial charge in [-0.2, -0.15) is 0 Å². The minimum Gasteiger partial charge on any atom is -0.491 e. The summed E-state index contributed by atoms with van der Waals surface area (Å²) in [6.07, 6.45) is 4.65. The van der Waals surface area contributed by atoms with Gasteiger partial charge in [0, 0.05) is 37.8 Å². The van der Waals surface area contributed by atoms with Gasteiger partial charge in [-0.15, -0.1) is 0 Å². The number of imidazole rings is 1. The van der Waals surface area contributed by atoms with Crippen LogP contribution < -0.4 is 10.1 Å². The molecule has 1 fully saturated rings. The number of nitrogens with one attached hydrogen (secondary N) is 1. The Morgan fingerprint density at radius 1 is 1.11 bits per heavy atom. The first kappa shape index (κ1) is 25.1. The van der Waals surface area contributed by atoms with E-state index in [2.05, 4.69) is 9.72 Å². The van der Waals surface area contributed by atoms with E-state index in [0.29, 0.717) is 50.5 Å². The molecular weight excluding hydrogens is 472 g/mol. The number of benzene rings is 1. The molecule has 4 heterocycles. The first-order valence-corrected chi connectivity index (χ1v) is 12.7. The Morgan fingerprint density at radius 3 is 2.65 bits per heavy atom. The van der Waals surface area contributed by atoms with Crippen molar-refractivity contribution in [2.24, 2.45) is 0 Å². The third-order valence-corrected chi connectivity index (χ3v) is 6.87. The molecule has 37 heavy (non-hydrogen) atoms. The van der Waals surface area contributed by atoms with Crippen molar-refractivity contribution in [1.29, 1.82) is 0 Å². The number of aromatic nitrogens is 2. The number of hydrogen-bond acceptors (Lipinski definition) is 6. The molecule has 1 saturated heterocycles. The number of aryl methyl sites for hydroxylation is 1. The lowest BCUT2D eigenvalue weighted by atomic mass is 9.88. The Bertz CT molecular complexity index is 1320. The zero-order chi connectivity index (χ0) is 26.2. The number of para-hydroxylation sites is 1. The molecule has 0 spiro atoms. The molecule has 2 amide bonds. The monoisotopic (exact) mass is 506 g/mol. The maximum absolute atomic E-state index is 13.8. The lowest BCUT2D eigenvalue weighted by Gasteiger charge is -2.37. The predicted octanol–water partition coefficient (Wildman–Crippen LogP) is 4.21. The highest BCUT2D eigenvalue weighted by molar-refractivity contribution is 5.98. The highest BCUT2D eigenvalue weighted by atomic mass is 16.6. The number of pyridine rings is 1. The molecule has 196 valence electrons. The molecule has 2 aliphatic heterocycles. The van der Waals surface area contributed by atoms with Gasteiger partial charge in [0.25, 0.3) is 5.91 Å². The summed E-state index contributed by atoms with van der Waals surface area (Å²) in [6.45, 7) is 9.54. The zero-order valence-electron chi connectivity index (χ0n) is 21.9. The molecule has 2 aliphatic rings. The van der Waals surface area contributed by atoms with Gasteiger partial charge in [-0.05, 0) is 45.4 Å². The molecule has 9 heteroatoms. The number of carbonyl (C=O) groups is 2. The van der Waals surface area contributed by atoms with Crippen LogP contribution in [0.1, 0.15) is 60.9 Å². The van der Waals surface area contributed by atoms with Crippen LogP contribution in [-0.2, 0) is 21.6 Å². The Kier molecular flexibility index (Phi) is 6.58. The molecule has 2 aromatic heterocycles. The maximum Gasteiger partial charge on any atom is 0.410 e. The van der Waals surface area contributed by atoms with Crippen molar-refractivity contribution in [3.05, 3.63) is 65.2 Å². The van der Waals surface area contributed by atoms with Crippen molar-refractivity contribution < 1.29 is 23.8 Å². The third kappa shape index (κ3) is 5.00. The van der Waals surface area contributed by atoms with Crippen LogP contribution in [-0.4, -0.2) is 58.3 Å². The summed E-state index contributed by atoms with van der Waals surface area (Å²) >= 11 is 0. The minimum atomic E-state index is -0.689. The average molecular weight is 507 g/mol. The Hall–Kier alpha value is -3.59. The van der Waals surface area contributed by atoms with Crippen LogP contribution in [0.25, 0.3) is 5.52 Å². The summed E-state index contributed by atoms with van der Waals surface area (Å²) < 4.78 is 19.3. The molecule has 0 aliphatic carbocycles. The van der Waals surface area contributed by atoms with Crippen LogP contribution in [0.15, 0.2) is 42.7 Å². The Labute approximate surface area is 216 Å². The fourth-order valence-corrected chi connectivity index (χ4v) is 5.01. The SMILES string of the molecule is Cc1cccn2c(C3(NC(=O)c4cccc5c4OCCN(C(=O)OC(C)(C)C)C5)CCOCC3)ncc12. The third-order valence-electron chi connectivity index (χ3n) is 6.87. The fraction of sp³-hybridized carbons (Fsp3) is 0.464. The minimum absolute atomic E-state index is 0.242. The van der Waals surface area contributed by atoms with Crippen LogP contribution >= 0.6 is 0 Å². The topological polar surface area (TPSA) is 94.4 Å². The molecule has 0 bridgehead atoms. The van der Waals surface area contributed by atoms with E-state index in [0.717, 1.165) is 22.5 Å². The number of carbonyl (C=O) groups excluding carboxylic acids is 2. The van der Waals surface area contributed by atoms with Crippen molar-refractivity contribution in [2.45, 2.75) is 58.2 Å². The molecular formula is C28H34N4O5. The lowest BCUT2D eigenvalue weighted by molar-refractivity contribution is 0.0224. The normalized spacial score (nSPS) is 17.5. The number of amides is 2. The van der Waals surface area contributed by atoms with E-state index in [1.807, 2.05) is 64.4 Å². The van der Waals surface area contributed by atoms with Crippen molar-refractivity contribution in [1.82, 2.24) is 19.6 Å². The maximum atomic E-state index is 13.8. The quantitative estimate of drug-likeness (QED) is 0.572. The zero-order valence-corrected chi connectivity index (χ0v) is 21.9.